The molecule has 0 heterocycles. The van der Waals surface area contributed by atoms with Crippen LogP contribution in [0.3, 0.4) is 0 Å². The molecule has 0 fully saturated rings. The molecular weight excluding hydrogens is 170 g/mol. The molecular formula is C13H25N. The Kier molecular flexibility index (Phi) is 9.83. The molecule has 1 heteroatoms. The molecule has 14 heavy (non-hydrogen) atoms. The second-order valence-corrected chi connectivity index (χ2v) is 3.72. The highest BCUT2D eigenvalue weighted by molar-refractivity contribution is 4.89. The summed E-state index contributed by atoms with van der Waals surface area (Å²) in [5.74, 6) is 0. The van der Waals surface area contributed by atoms with Crippen LogP contribution in [-0.4, -0.2) is 11.9 Å². The number of hydrogen-bond acceptors (Lipinski definition) is 1. The fourth-order valence-corrected chi connectivity index (χ4v) is 1.18. The number of hydrogen-bond donors (Lipinski definition) is 0. The predicted octanol–water partition coefficient (Wildman–Crippen LogP) is 4.33. The van der Waals surface area contributed by atoms with Crippen LogP contribution in [0, 0.1) is 0 Å². The molecule has 82 valence electrons. The lowest BCUT2D eigenvalue weighted by molar-refractivity contribution is 0.614. The smallest absolute Gasteiger partial charge is 0.0106 e. The third kappa shape index (κ3) is 9.37. The van der Waals surface area contributed by atoms with Gasteiger partial charge >= 0.3 is 0 Å². The number of rotatable bonds is 8. The second kappa shape index (κ2) is 10.4. The van der Waals surface area contributed by atoms with Crippen LogP contribution in [0.4, 0.5) is 0 Å². The van der Waals surface area contributed by atoms with Gasteiger partial charge in [0.05, 0.1) is 0 Å². The van der Waals surface area contributed by atoms with E-state index in [0.29, 0.717) is 0 Å². The zero-order valence-corrected chi connectivity index (χ0v) is 10.00. The molecule has 0 aromatic carbocycles. The van der Waals surface area contributed by atoms with Gasteiger partial charge in [0, 0.05) is 7.05 Å². The minimum atomic E-state index is 1.20. The first-order chi connectivity index (χ1) is 6.81. The molecule has 0 aromatic rings. The normalized spacial score (nSPS) is 11.6. The maximum atomic E-state index is 2.24. The van der Waals surface area contributed by atoms with Gasteiger partial charge in [-0.2, -0.15) is 0 Å². The van der Waals surface area contributed by atoms with Crippen LogP contribution < -0.4 is 0 Å². The van der Waals surface area contributed by atoms with Crippen molar-refractivity contribution in [2.45, 2.75) is 52.4 Å². The van der Waals surface area contributed by atoms with E-state index in [9.17, 15) is 0 Å². The van der Waals surface area contributed by atoms with Crippen LogP contribution in [0.1, 0.15) is 52.4 Å². The zero-order chi connectivity index (χ0) is 10.6. The van der Waals surface area contributed by atoms with E-state index >= 15 is 0 Å². The fourth-order valence-electron chi connectivity index (χ4n) is 1.18. The highest BCUT2D eigenvalue weighted by Gasteiger charge is 1.83. The van der Waals surface area contributed by atoms with Gasteiger partial charge in [-0.3, -0.25) is 0 Å². The summed E-state index contributed by atoms with van der Waals surface area (Å²) < 4.78 is 0. The maximum Gasteiger partial charge on any atom is 0.0106 e. The molecule has 0 aliphatic heterocycles. The van der Waals surface area contributed by atoms with Gasteiger partial charge < -0.3 is 4.90 Å². The van der Waals surface area contributed by atoms with Gasteiger partial charge in [0.1, 0.15) is 0 Å². The molecule has 0 saturated heterocycles. The van der Waals surface area contributed by atoms with Gasteiger partial charge in [-0.25, -0.2) is 0 Å². The van der Waals surface area contributed by atoms with Crippen molar-refractivity contribution in [1.82, 2.24) is 4.90 Å². The zero-order valence-electron chi connectivity index (χ0n) is 10.00. The summed E-state index contributed by atoms with van der Waals surface area (Å²) in [5, 5.41) is 0. The van der Waals surface area contributed by atoms with E-state index in [0.717, 1.165) is 0 Å². The SMILES string of the molecule is CCCC/C=C/N(C)/C=C/CCCC. The molecule has 0 aromatic heterocycles. The van der Waals surface area contributed by atoms with Crippen LogP contribution in [0.15, 0.2) is 24.6 Å². The highest BCUT2D eigenvalue weighted by Crippen LogP contribution is 1.99. The van der Waals surface area contributed by atoms with E-state index in [4.69, 9.17) is 0 Å². The van der Waals surface area contributed by atoms with E-state index in [1.165, 1.54) is 38.5 Å². The van der Waals surface area contributed by atoms with E-state index < -0.39 is 0 Å². The lowest BCUT2D eigenvalue weighted by Gasteiger charge is -2.06. The van der Waals surface area contributed by atoms with Gasteiger partial charge in [-0.15, -0.1) is 0 Å². The summed E-state index contributed by atoms with van der Waals surface area (Å²) in [4.78, 5) is 2.13. The molecule has 0 radical (unpaired) electrons. The van der Waals surface area contributed by atoms with Crippen LogP contribution >= 0.6 is 0 Å². The Morgan fingerprint density at radius 2 is 1.29 bits per heavy atom. The Balaban J connectivity index is 3.47. The number of unbranched alkanes of at least 4 members (excludes halogenated alkanes) is 4. The Hall–Kier alpha value is -0.720. The lowest BCUT2D eigenvalue weighted by atomic mass is 10.2. The minimum Gasteiger partial charge on any atom is -0.358 e. The molecule has 1 nitrogen and oxygen atoms in total. The first-order valence-corrected chi connectivity index (χ1v) is 5.86. The second-order valence-electron chi connectivity index (χ2n) is 3.72. The van der Waals surface area contributed by atoms with Crippen molar-refractivity contribution in [2.75, 3.05) is 7.05 Å². The van der Waals surface area contributed by atoms with Crippen molar-refractivity contribution >= 4 is 0 Å². The third-order valence-electron chi connectivity index (χ3n) is 2.13. The third-order valence-corrected chi connectivity index (χ3v) is 2.13. The summed E-state index contributed by atoms with van der Waals surface area (Å²) in [6.45, 7) is 4.45. The Morgan fingerprint density at radius 1 is 0.857 bits per heavy atom. The van der Waals surface area contributed by atoms with Crippen LogP contribution in [0.5, 0.6) is 0 Å². The average Bonchev–Trinajstić information content (AvgIpc) is 2.19. The van der Waals surface area contributed by atoms with Crippen molar-refractivity contribution < 1.29 is 0 Å². The first kappa shape index (κ1) is 13.3. The molecule has 0 atom stereocenters. The van der Waals surface area contributed by atoms with E-state index in [1.54, 1.807) is 0 Å². The topological polar surface area (TPSA) is 3.24 Å². The van der Waals surface area contributed by atoms with Gasteiger partial charge in [0.25, 0.3) is 0 Å². The van der Waals surface area contributed by atoms with Crippen molar-refractivity contribution in [1.29, 1.82) is 0 Å². The average molecular weight is 195 g/mol. The predicted molar refractivity (Wildman–Crippen MR) is 65.1 cm³/mol. The monoisotopic (exact) mass is 195 g/mol. The molecule has 0 aliphatic rings. The van der Waals surface area contributed by atoms with Crippen molar-refractivity contribution in [3.05, 3.63) is 24.6 Å². The number of nitrogens with zero attached hydrogens (tertiary/aromatic N) is 1. The molecule has 0 N–H and O–H groups in total. The standard InChI is InChI=1S/C13H25N/c1-4-6-8-10-12-14(3)13-11-9-7-5-2/h10-13H,4-9H2,1-3H3/b12-10+,13-11+. The summed E-state index contributed by atoms with van der Waals surface area (Å²) >= 11 is 0. The van der Waals surface area contributed by atoms with Crippen LogP contribution in [0.25, 0.3) is 0 Å². The summed E-state index contributed by atoms with van der Waals surface area (Å²) in [5.41, 5.74) is 0. The summed E-state index contributed by atoms with van der Waals surface area (Å²) in [7, 11) is 2.09. The lowest BCUT2D eigenvalue weighted by Crippen LogP contribution is -1.99. The summed E-state index contributed by atoms with van der Waals surface area (Å²) in [6.07, 6.45) is 16.3. The van der Waals surface area contributed by atoms with Crippen molar-refractivity contribution in [3.8, 4) is 0 Å². The molecule has 0 aliphatic carbocycles. The highest BCUT2D eigenvalue weighted by atomic mass is 15.0. The molecule has 0 saturated carbocycles. The van der Waals surface area contributed by atoms with E-state index in [-0.39, 0.29) is 0 Å². The van der Waals surface area contributed by atoms with Gasteiger partial charge in [-0.05, 0) is 25.2 Å². The van der Waals surface area contributed by atoms with Crippen molar-refractivity contribution in [3.63, 3.8) is 0 Å². The van der Waals surface area contributed by atoms with Gasteiger partial charge in [-0.1, -0.05) is 51.7 Å². The van der Waals surface area contributed by atoms with E-state index in [2.05, 4.69) is 50.3 Å². The Bertz CT molecular complexity index is 141. The molecule has 0 spiro atoms. The molecule has 0 bridgehead atoms. The fraction of sp³-hybridized carbons (Fsp3) is 0.692. The minimum absolute atomic E-state index is 1.20. The van der Waals surface area contributed by atoms with Gasteiger partial charge in [0.2, 0.25) is 0 Å². The number of allylic oxidation sites excluding steroid dienone is 2. The Morgan fingerprint density at radius 3 is 1.64 bits per heavy atom. The molecule has 0 unspecified atom stereocenters. The summed E-state index contributed by atoms with van der Waals surface area (Å²) in [6, 6.07) is 0. The Labute approximate surface area is 89.5 Å². The van der Waals surface area contributed by atoms with Gasteiger partial charge in [0.15, 0.2) is 0 Å². The van der Waals surface area contributed by atoms with E-state index in [1.807, 2.05) is 0 Å². The van der Waals surface area contributed by atoms with Crippen LogP contribution in [-0.2, 0) is 0 Å². The molecule has 0 rings (SSSR count). The molecule has 0 amide bonds. The van der Waals surface area contributed by atoms with Crippen molar-refractivity contribution in [2.24, 2.45) is 0 Å². The largest absolute Gasteiger partial charge is 0.358 e. The maximum absolute atomic E-state index is 2.24. The first-order valence-electron chi connectivity index (χ1n) is 5.86. The quantitative estimate of drug-likeness (QED) is 0.521. The van der Waals surface area contributed by atoms with Crippen LogP contribution in [0.2, 0.25) is 0 Å².